The van der Waals surface area contributed by atoms with E-state index in [0.29, 0.717) is 19.1 Å². The van der Waals surface area contributed by atoms with Gasteiger partial charge in [-0.15, -0.1) is 0 Å². The smallest absolute Gasteiger partial charge is 0.333 e. The Morgan fingerprint density at radius 1 is 1.20 bits per heavy atom. The second-order valence-corrected chi connectivity index (χ2v) is 9.87. The fourth-order valence-electron chi connectivity index (χ4n) is 4.65. The van der Waals surface area contributed by atoms with Crippen LogP contribution in [-0.2, 0) is 35.8 Å². The number of aromatic nitrogens is 3. The number of anilines is 1. The number of urea groups is 1. The predicted molar refractivity (Wildman–Crippen MR) is 109 cm³/mol. The average molecular weight is 432 g/mol. The highest BCUT2D eigenvalue weighted by molar-refractivity contribution is 7.90. The zero-order valence-electron chi connectivity index (χ0n) is 16.9. The minimum absolute atomic E-state index is 0.113. The maximum absolute atomic E-state index is 12.9. The first-order chi connectivity index (χ1) is 14.4. The van der Waals surface area contributed by atoms with Crippen molar-refractivity contribution >= 4 is 21.7 Å². The summed E-state index contributed by atoms with van der Waals surface area (Å²) in [7, 11) is -4.12. The lowest BCUT2D eigenvalue weighted by atomic mass is 10.0. The predicted octanol–water partition coefficient (Wildman–Crippen LogP) is 2.50. The van der Waals surface area contributed by atoms with Gasteiger partial charge in [0.05, 0.1) is 18.5 Å². The maximum Gasteiger partial charge on any atom is 0.333 e. The molecular weight excluding hydrogens is 406 g/mol. The molecule has 1 aliphatic heterocycles. The molecule has 2 N–H and O–H groups in total. The summed E-state index contributed by atoms with van der Waals surface area (Å²) < 4.78 is 35.0. The second kappa shape index (κ2) is 7.26. The minimum Gasteiger partial charge on any atom is -0.477 e. The number of rotatable bonds is 3. The molecule has 10 heteroatoms. The number of nitrogens with one attached hydrogen (secondary N) is 2. The van der Waals surface area contributed by atoms with E-state index in [9.17, 15) is 13.2 Å². The fourth-order valence-corrected chi connectivity index (χ4v) is 5.63. The molecule has 0 fully saturated rings. The van der Waals surface area contributed by atoms with Gasteiger partial charge in [0, 0.05) is 17.9 Å². The van der Waals surface area contributed by atoms with Gasteiger partial charge in [-0.05, 0) is 62.0 Å². The summed E-state index contributed by atoms with van der Waals surface area (Å²) in [6, 6.07) is -0.773. The Labute approximate surface area is 175 Å². The molecule has 9 nitrogen and oxygen atoms in total. The van der Waals surface area contributed by atoms with Gasteiger partial charge in [0.15, 0.2) is 4.90 Å². The van der Waals surface area contributed by atoms with Crippen LogP contribution in [0.2, 0.25) is 0 Å². The molecule has 0 radical (unpaired) electrons. The molecule has 160 valence electrons. The van der Waals surface area contributed by atoms with Crippen LogP contribution in [0.1, 0.15) is 61.0 Å². The first-order valence-electron chi connectivity index (χ1n) is 10.5. The highest BCUT2D eigenvalue weighted by Crippen LogP contribution is 2.41. The Kier molecular flexibility index (Phi) is 4.68. The van der Waals surface area contributed by atoms with Crippen LogP contribution in [-0.4, -0.2) is 35.8 Å². The Morgan fingerprint density at radius 2 is 2.07 bits per heavy atom. The molecule has 5 rings (SSSR count). The van der Waals surface area contributed by atoms with E-state index in [4.69, 9.17) is 9.72 Å². The van der Waals surface area contributed by atoms with Crippen LogP contribution in [0.5, 0.6) is 5.88 Å². The van der Waals surface area contributed by atoms with Gasteiger partial charge in [0.2, 0.25) is 5.88 Å². The first-order valence-corrected chi connectivity index (χ1v) is 12.0. The van der Waals surface area contributed by atoms with Crippen molar-refractivity contribution in [2.24, 2.45) is 0 Å². The number of pyridine rings is 1. The third kappa shape index (κ3) is 3.23. The molecule has 1 atom stereocenters. The van der Waals surface area contributed by atoms with E-state index in [1.165, 1.54) is 10.9 Å². The van der Waals surface area contributed by atoms with Crippen molar-refractivity contribution in [3.63, 3.8) is 0 Å². The maximum atomic E-state index is 12.9. The van der Waals surface area contributed by atoms with Crippen LogP contribution >= 0.6 is 0 Å². The van der Waals surface area contributed by atoms with Crippen molar-refractivity contribution < 1.29 is 17.9 Å². The molecule has 2 aromatic rings. The molecule has 30 heavy (non-hydrogen) atoms. The Bertz CT molecular complexity index is 1120. The summed E-state index contributed by atoms with van der Waals surface area (Å²) >= 11 is 0. The van der Waals surface area contributed by atoms with Crippen molar-refractivity contribution in [2.75, 3.05) is 11.9 Å². The van der Waals surface area contributed by atoms with Gasteiger partial charge in [-0.3, -0.25) is 4.98 Å². The van der Waals surface area contributed by atoms with Crippen molar-refractivity contribution in [3.8, 4) is 5.88 Å². The summed E-state index contributed by atoms with van der Waals surface area (Å²) in [5, 5.41) is 6.95. The van der Waals surface area contributed by atoms with Crippen LogP contribution in [0.4, 0.5) is 10.5 Å². The topological polar surface area (TPSA) is 115 Å². The van der Waals surface area contributed by atoms with E-state index in [2.05, 4.69) is 22.1 Å². The van der Waals surface area contributed by atoms with E-state index in [1.807, 2.05) is 0 Å². The number of fused-ring (bicyclic) bond motifs is 3. The number of carbonyl (C=O) groups excluding carboxylic acids is 1. The Morgan fingerprint density at radius 3 is 2.93 bits per heavy atom. The van der Waals surface area contributed by atoms with Gasteiger partial charge >= 0.3 is 6.03 Å². The summed E-state index contributed by atoms with van der Waals surface area (Å²) in [6.45, 7) is 3.15. The summed E-state index contributed by atoms with van der Waals surface area (Å²) in [5.41, 5.74) is 4.88. The molecule has 0 bridgehead atoms. The number of carbonyl (C=O) groups is 1. The highest BCUT2D eigenvalue weighted by Gasteiger charge is 2.32. The number of sulfonamides is 1. The van der Waals surface area contributed by atoms with Gasteiger partial charge < -0.3 is 10.1 Å². The van der Waals surface area contributed by atoms with Crippen molar-refractivity contribution in [1.29, 1.82) is 0 Å². The molecule has 2 aromatic heterocycles. The normalized spacial score (nSPS) is 20.0. The molecule has 0 saturated carbocycles. The molecule has 3 aliphatic rings. The van der Waals surface area contributed by atoms with Gasteiger partial charge in [0.1, 0.15) is 0 Å². The molecule has 2 amide bonds. The van der Waals surface area contributed by atoms with Crippen molar-refractivity contribution in [3.05, 3.63) is 28.7 Å². The lowest BCUT2D eigenvalue weighted by Crippen LogP contribution is -2.35. The second-order valence-electron chi connectivity index (χ2n) is 8.22. The molecule has 3 heterocycles. The third-order valence-corrected chi connectivity index (χ3v) is 7.48. The standard InChI is InChI=1S/C20H25N5O4S/c1-12-7-8-14-17(12)22-15-6-4-5-13(15)18(14)23-20(26)24-30(27,28)16-11-21-25-9-2-3-10-29-19(16)25/h11-12H,2-10H2,1H3,(H2,22,23,24,26). The van der Waals surface area contributed by atoms with Crippen LogP contribution in [0.15, 0.2) is 11.1 Å². The summed E-state index contributed by atoms with van der Waals surface area (Å²) in [4.78, 5) is 17.5. The molecule has 1 unspecified atom stereocenters. The lowest BCUT2D eigenvalue weighted by molar-refractivity contribution is 0.256. The van der Waals surface area contributed by atoms with Crippen molar-refractivity contribution in [2.45, 2.75) is 69.2 Å². The van der Waals surface area contributed by atoms with E-state index in [-0.39, 0.29) is 10.8 Å². The Hall–Kier alpha value is -2.62. The number of hydrogen-bond acceptors (Lipinski definition) is 6. The number of hydrogen-bond donors (Lipinski definition) is 2. The van der Waals surface area contributed by atoms with Gasteiger partial charge in [-0.25, -0.2) is 22.6 Å². The van der Waals surface area contributed by atoms with E-state index >= 15 is 0 Å². The quantitative estimate of drug-likeness (QED) is 0.772. The minimum atomic E-state index is -4.12. The molecular formula is C20H25N5O4S. The molecule has 2 aliphatic carbocycles. The average Bonchev–Trinajstić information content (AvgIpc) is 3.38. The molecule has 0 saturated heterocycles. The van der Waals surface area contributed by atoms with Crippen LogP contribution in [0.3, 0.4) is 0 Å². The zero-order valence-corrected chi connectivity index (χ0v) is 17.7. The van der Waals surface area contributed by atoms with Crippen LogP contribution in [0.25, 0.3) is 0 Å². The SMILES string of the molecule is CC1CCc2c1nc1c(c2NC(=O)NS(=O)(=O)c2cnn3c2OCCCC3)CCC1. The van der Waals surface area contributed by atoms with Gasteiger partial charge in [-0.2, -0.15) is 5.10 Å². The number of amides is 2. The fraction of sp³-hybridized carbons (Fsp3) is 0.550. The third-order valence-electron chi connectivity index (χ3n) is 6.17. The zero-order chi connectivity index (χ0) is 20.9. The van der Waals surface area contributed by atoms with Gasteiger partial charge in [0.25, 0.3) is 10.0 Å². The number of aryl methyl sites for hydroxylation is 2. The Balaban J connectivity index is 1.41. The van der Waals surface area contributed by atoms with Crippen LogP contribution < -0.4 is 14.8 Å². The largest absolute Gasteiger partial charge is 0.477 e. The van der Waals surface area contributed by atoms with E-state index in [1.54, 1.807) is 0 Å². The lowest BCUT2D eigenvalue weighted by Gasteiger charge is -2.16. The van der Waals surface area contributed by atoms with Crippen LogP contribution in [0, 0.1) is 0 Å². The number of ether oxygens (including phenoxy) is 1. The number of nitrogens with zero attached hydrogens (tertiary/aromatic N) is 3. The molecule has 0 spiro atoms. The monoisotopic (exact) mass is 431 g/mol. The summed E-state index contributed by atoms with van der Waals surface area (Å²) in [5.74, 6) is 0.533. The molecule has 0 aromatic carbocycles. The van der Waals surface area contributed by atoms with Gasteiger partial charge in [-0.1, -0.05) is 6.92 Å². The highest BCUT2D eigenvalue weighted by atomic mass is 32.2. The van der Waals surface area contributed by atoms with E-state index in [0.717, 1.165) is 73.1 Å². The summed E-state index contributed by atoms with van der Waals surface area (Å²) in [6.07, 6.45) is 7.48. The van der Waals surface area contributed by atoms with E-state index < -0.39 is 16.1 Å². The van der Waals surface area contributed by atoms with Crippen molar-refractivity contribution in [1.82, 2.24) is 19.5 Å². The first kappa shape index (κ1) is 19.3.